The molecule has 1 N–H and O–H groups in total. The van der Waals surface area contributed by atoms with Crippen LogP contribution in [0, 0.1) is 6.92 Å². The lowest BCUT2D eigenvalue weighted by Crippen LogP contribution is -2.31. The molecule has 0 spiro atoms. The van der Waals surface area contributed by atoms with Gasteiger partial charge in [-0.05, 0) is 48.6 Å². The van der Waals surface area contributed by atoms with Crippen LogP contribution in [0.5, 0.6) is 0 Å². The lowest BCUT2D eigenvalue weighted by atomic mass is 9.98. The van der Waals surface area contributed by atoms with Crippen molar-refractivity contribution in [3.8, 4) is 0 Å². The first-order valence-electron chi connectivity index (χ1n) is 10.8. The third-order valence-electron chi connectivity index (χ3n) is 5.46. The van der Waals surface area contributed by atoms with E-state index in [2.05, 4.69) is 5.32 Å². The fourth-order valence-corrected chi connectivity index (χ4v) is 3.72. The molecule has 1 aliphatic rings. The van der Waals surface area contributed by atoms with E-state index in [4.69, 9.17) is 9.47 Å². The third kappa shape index (κ3) is 5.28. The van der Waals surface area contributed by atoms with E-state index in [1.54, 1.807) is 7.11 Å². The molecule has 0 saturated carbocycles. The van der Waals surface area contributed by atoms with Crippen LogP contribution in [0.25, 0.3) is 0 Å². The lowest BCUT2D eigenvalue weighted by molar-refractivity contribution is -0.119. The predicted octanol–water partition coefficient (Wildman–Crippen LogP) is 3.55. The fourth-order valence-electron chi connectivity index (χ4n) is 3.72. The van der Waals surface area contributed by atoms with Crippen molar-refractivity contribution in [2.45, 2.75) is 33.1 Å². The topological polar surface area (TPSA) is 102 Å². The molecule has 1 heterocycles. The number of benzene rings is 2. The standard InChI is InChI=1S/C25H28N2O6/c1-15(2)18-8-5-7-16(3)22(18)26-21(28)14-33-25(31)17-9-10-19-20(13-17)24(30)27(23(19)29)11-6-12-32-4/h5,7-10,13,15H,6,11-12,14H2,1-4H3,(H,26,28). The second-order valence-corrected chi connectivity index (χ2v) is 8.19. The summed E-state index contributed by atoms with van der Waals surface area (Å²) in [5, 5.41) is 2.82. The monoisotopic (exact) mass is 452 g/mol. The number of esters is 1. The zero-order valence-electron chi connectivity index (χ0n) is 19.3. The summed E-state index contributed by atoms with van der Waals surface area (Å²) >= 11 is 0. The number of nitrogens with zero attached hydrogens (tertiary/aromatic N) is 1. The molecule has 3 rings (SSSR count). The van der Waals surface area contributed by atoms with E-state index < -0.39 is 30.3 Å². The van der Waals surface area contributed by atoms with Crippen molar-refractivity contribution >= 4 is 29.4 Å². The summed E-state index contributed by atoms with van der Waals surface area (Å²) in [5.41, 5.74) is 3.11. The summed E-state index contributed by atoms with van der Waals surface area (Å²) in [6.07, 6.45) is 0.519. The van der Waals surface area contributed by atoms with Crippen LogP contribution in [0.2, 0.25) is 0 Å². The maximum absolute atomic E-state index is 12.6. The Morgan fingerprint density at radius 1 is 1.06 bits per heavy atom. The molecule has 3 amide bonds. The lowest BCUT2D eigenvalue weighted by Gasteiger charge is -2.16. The van der Waals surface area contributed by atoms with E-state index in [9.17, 15) is 19.2 Å². The molecule has 1 aliphatic heterocycles. The van der Waals surface area contributed by atoms with Gasteiger partial charge in [-0.3, -0.25) is 19.3 Å². The zero-order chi connectivity index (χ0) is 24.1. The molecule has 0 saturated heterocycles. The molecule has 2 aromatic carbocycles. The highest BCUT2D eigenvalue weighted by Gasteiger charge is 2.35. The summed E-state index contributed by atoms with van der Waals surface area (Å²) in [6, 6.07) is 9.96. The van der Waals surface area contributed by atoms with Gasteiger partial charge in [0.15, 0.2) is 6.61 Å². The van der Waals surface area contributed by atoms with Gasteiger partial charge in [-0.25, -0.2) is 4.79 Å². The largest absolute Gasteiger partial charge is 0.452 e. The SMILES string of the molecule is COCCCN1C(=O)c2ccc(C(=O)OCC(=O)Nc3c(C)cccc3C(C)C)cc2C1=O. The van der Waals surface area contributed by atoms with Crippen molar-refractivity contribution in [2.75, 3.05) is 32.2 Å². The number of rotatable bonds is 9. The summed E-state index contributed by atoms with van der Waals surface area (Å²) in [5.74, 6) is -1.86. The Kier molecular flexibility index (Phi) is 7.60. The number of aryl methyl sites for hydroxylation is 1. The van der Waals surface area contributed by atoms with E-state index in [1.165, 1.54) is 18.2 Å². The van der Waals surface area contributed by atoms with Gasteiger partial charge in [0.25, 0.3) is 17.7 Å². The molecule has 0 unspecified atom stereocenters. The number of hydrogen-bond acceptors (Lipinski definition) is 6. The van der Waals surface area contributed by atoms with Crippen molar-refractivity contribution in [2.24, 2.45) is 0 Å². The van der Waals surface area contributed by atoms with Gasteiger partial charge in [0.05, 0.1) is 16.7 Å². The second-order valence-electron chi connectivity index (χ2n) is 8.19. The molecule has 8 nitrogen and oxygen atoms in total. The van der Waals surface area contributed by atoms with Gasteiger partial charge in [0.2, 0.25) is 0 Å². The number of methoxy groups -OCH3 is 1. The Morgan fingerprint density at radius 3 is 2.48 bits per heavy atom. The maximum atomic E-state index is 12.6. The van der Waals surface area contributed by atoms with Crippen molar-refractivity contribution in [1.82, 2.24) is 4.90 Å². The maximum Gasteiger partial charge on any atom is 0.338 e. The molecular formula is C25H28N2O6. The Hall–Kier alpha value is -3.52. The van der Waals surface area contributed by atoms with Crippen molar-refractivity contribution in [3.63, 3.8) is 0 Å². The van der Waals surface area contributed by atoms with Crippen LogP contribution in [0.4, 0.5) is 5.69 Å². The van der Waals surface area contributed by atoms with Crippen LogP contribution in [0.1, 0.15) is 68.4 Å². The number of imide groups is 1. The first kappa shape index (κ1) is 24.1. The number of carbonyl (C=O) groups excluding carboxylic acids is 4. The van der Waals surface area contributed by atoms with Gasteiger partial charge in [-0.1, -0.05) is 32.0 Å². The molecular weight excluding hydrogens is 424 g/mol. The fraction of sp³-hybridized carbons (Fsp3) is 0.360. The van der Waals surface area contributed by atoms with Gasteiger partial charge in [0, 0.05) is 25.9 Å². The molecule has 0 radical (unpaired) electrons. The first-order valence-corrected chi connectivity index (χ1v) is 10.8. The van der Waals surface area contributed by atoms with Crippen LogP contribution in [-0.4, -0.2) is 55.5 Å². The van der Waals surface area contributed by atoms with E-state index in [0.717, 1.165) is 16.0 Å². The number of ether oxygens (including phenoxy) is 2. The molecule has 0 fully saturated rings. The minimum absolute atomic E-state index is 0.0974. The molecule has 2 aromatic rings. The van der Waals surface area contributed by atoms with E-state index in [1.807, 2.05) is 39.0 Å². The van der Waals surface area contributed by atoms with Gasteiger partial charge in [-0.2, -0.15) is 0 Å². The number of nitrogens with one attached hydrogen (secondary N) is 1. The predicted molar refractivity (Wildman–Crippen MR) is 122 cm³/mol. The smallest absolute Gasteiger partial charge is 0.338 e. The Morgan fingerprint density at radius 2 is 1.79 bits per heavy atom. The van der Waals surface area contributed by atoms with Crippen molar-refractivity contribution in [3.05, 3.63) is 64.2 Å². The molecule has 8 heteroatoms. The molecule has 0 aromatic heterocycles. The van der Waals surface area contributed by atoms with Gasteiger partial charge < -0.3 is 14.8 Å². The summed E-state index contributed by atoms with van der Waals surface area (Å²) < 4.78 is 10.1. The zero-order valence-corrected chi connectivity index (χ0v) is 19.3. The summed E-state index contributed by atoms with van der Waals surface area (Å²) in [4.78, 5) is 51.1. The van der Waals surface area contributed by atoms with E-state index >= 15 is 0 Å². The highest BCUT2D eigenvalue weighted by atomic mass is 16.5. The van der Waals surface area contributed by atoms with E-state index in [0.29, 0.717) is 18.7 Å². The van der Waals surface area contributed by atoms with Crippen LogP contribution in [0.15, 0.2) is 36.4 Å². The second kappa shape index (κ2) is 10.4. The molecule has 33 heavy (non-hydrogen) atoms. The van der Waals surface area contributed by atoms with Crippen molar-refractivity contribution in [1.29, 1.82) is 0 Å². The Balaban J connectivity index is 1.64. The molecule has 0 bridgehead atoms. The average Bonchev–Trinajstić information content (AvgIpc) is 3.03. The number of anilines is 1. The normalized spacial score (nSPS) is 12.8. The molecule has 0 atom stereocenters. The van der Waals surface area contributed by atoms with Crippen LogP contribution >= 0.6 is 0 Å². The van der Waals surface area contributed by atoms with Crippen LogP contribution < -0.4 is 5.32 Å². The molecule has 174 valence electrons. The number of amides is 3. The quantitative estimate of drug-likeness (QED) is 0.355. The summed E-state index contributed by atoms with van der Waals surface area (Å²) in [7, 11) is 1.55. The number of hydrogen-bond donors (Lipinski definition) is 1. The van der Waals surface area contributed by atoms with Gasteiger partial charge in [0.1, 0.15) is 0 Å². The number of para-hydroxylation sites is 1. The molecule has 0 aliphatic carbocycles. The van der Waals surface area contributed by atoms with Crippen molar-refractivity contribution < 1.29 is 28.7 Å². The highest BCUT2D eigenvalue weighted by Crippen LogP contribution is 2.27. The van der Waals surface area contributed by atoms with E-state index in [-0.39, 0.29) is 29.2 Å². The van der Waals surface area contributed by atoms with Crippen LogP contribution in [0.3, 0.4) is 0 Å². The average molecular weight is 453 g/mol. The Labute approximate surface area is 192 Å². The highest BCUT2D eigenvalue weighted by molar-refractivity contribution is 6.22. The summed E-state index contributed by atoms with van der Waals surface area (Å²) in [6.45, 7) is 6.14. The first-order chi connectivity index (χ1) is 15.7. The van der Waals surface area contributed by atoms with Gasteiger partial charge in [-0.15, -0.1) is 0 Å². The minimum Gasteiger partial charge on any atom is -0.452 e. The minimum atomic E-state index is -0.750. The Bertz CT molecular complexity index is 1090. The number of fused-ring (bicyclic) bond motifs is 1. The van der Waals surface area contributed by atoms with Crippen LogP contribution in [-0.2, 0) is 14.3 Å². The third-order valence-corrected chi connectivity index (χ3v) is 5.46. The van der Waals surface area contributed by atoms with Gasteiger partial charge >= 0.3 is 5.97 Å². The number of carbonyl (C=O) groups is 4.